The number of benzene rings is 2. The Morgan fingerprint density at radius 1 is 1.16 bits per heavy atom. The Morgan fingerprint density at radius 2 is 1.89 bits per heavy atom. The molecule has 0 atom stereocenters. The van der Waals surface area contributed by atoms with Gasteiger partial charge in [0.15, 0.2) is 5.78 Å². The first-order valence-corrected chi connectivity index (χ1v) is 6.00. The van der Waals surface area contributed by atoms with E-state index in [9.17, 15) is 4.79 Å². The molecule has 0 aliphatic carbocycles. The largest absolute Gasteiger partial charge is 0.399 e. The molecular formula is C15H13N3O. The second kappa shape index (κ2) is 4.24. The summed E-state index contributed by atoms with van der Waals surface area (Å²) >= 11 is 0. The number of ketones is 1. The van der Waals surface area contributed by atoms with Crippen LogP contribution in [0.4, 0.5) is 5.69 Å². The molecule has 3 N–H and O–H groups in total. The minimum Gasteiger partial charge on any atom is -0.399 e. The number of anilines is 1. The van der Waals surface area contributed by atoms with Crippen molar-refractivity contribution in [3.05, 3.63) is 48.0 Å². The van der Waals surface area contributed by atoms with Gasteiger partial charge in [-0.2, -0.15) is 0 Å². The van der Waals surface area contributed by atoms with E-state index in [4.69, 9.17) is 5.73 Å². The van der Waals surface area contributed by atoms with Crippen LogP contribution >= 0.6 is 0 Å². The molecule has 2 aromatic carbocycles. The van der Waals surface area contributed by atoms with Gasteiger partial charge in [0.05, 0.1) is 11.0 Å². The molecule has 4 nitrogen and oxygen atoms in total. The zero-order valence-electron chi connectivity index (χ0n) is 10.5. The molecule has 0 aliphatic heterocycles. The van der Waals surface area contributed by atoms with Crippen molar-refractivity contribution in [2.24, 2.45) is 0 Å². The van der Waals surface area contributed by atoms with Gasteiger partial charge in [0, 0.05) is 16.8 Å². The monoisotopic (exact) mass is 251 g/mol. The number of imidazole rings is 1. The van der Waals surface area contributed by atoms with Crippen molar-refractivity contribution in [3.8, 4) is 11.4 Å². The third-order valence-electron chi connectivity index (χ3n) is 3.07. The summed E-state index contributed by atoms with van der Waals surface area (Å²) in [5.41, 5.74) is 9.74. The minimum atomic E-state index is 0.0468. The van der Waals surface area contributed by atoms with Crippen LogP contribution in [0, 0.1) is 0 Å². The Bertz CT molecular complexity index is 757. The summed E-state index contributed by atoms with van der Waals surface area (Å²) in [6, 6.07) is 13.0. The zero-order valence-corrected chi connectivity index (χ0v) is 10.5. The van der Waals surface area contributed by atoms with Crippen LogP contribution in [0.2, 0.25) is 0 Å². The number of aromatic amines is 1. The van der Waals surface area contributed by atoms with Crippen LogP contribution in [0.5, 0.6) is 0 Å². The number of rotatable bonds is 2. The molecule has 0 amide bonds. The van der Waals surface area contributed by atoms with Gasteiger partial charge in [0.1, 0.15) is 5.82 Å². The molecule has 0 radical (unpaired) electrons. The number of nitrogen functional groups attached to an aromatic ring is 1. The van der Waals surface area contributed by atoms with Crippen molar-refractivity contribution in [3.63, 3.8) is 0 Å². The van der Waals surface area contributed by atoms with Gasteiger partial charge in [-0.25, -0.2) is 4.98 Å². The normalized spacial score (nSPS) is 10.8. The van der Waals surface area contributed by atoms with E-state index < -0.39 is 0 Å². The molecule has 0 spiro atoms. The molecule has 1 aromatic heterocycles. The van der Waals surface area contributed by atoms with Gasteiger partial charge in [-0.1, -0.05) is 0 Å². The van der Waals surface area contributed by atoms with Crippen molar-refractivity contribution in [1.82, 2.24) is 9.97 Å². The van der Waals surface area contributed by atoms with Gasteiger partial charge in [0.2, 0.25) is 0 Å². The lowest BCUT2D eigenvalue weighted by Gasteiger charge is -1.96. The number of carbonyl (C=O) groups is 1. The fraction of sp³-hybridized carbons (Fsp3) is 0.0667. The molecule has 94 valence electrons. The Labute approximate surface area is 110 Å². The fourth-order valence-electron chi connectivity index (χ4n) is 2.01. The Kier molecular flexibility index (Phi) is 2.56. The van der Waals surface area contributed by atoms with Crippen LogP contribution in [0.1, 0.15) is 17.3 Å². The maximum Gasteiger partial charge on any atom is 0.159 e. The number of Topliss-reactive ketones (excluding diaryl/α,β-unsaturated/α-hetero) is 1. The van der Waals surface area contributed by atoms with E-state index in [0.29, 0.717) is 5.56 Å². The summed E-state index contributed by atoms with van der Waals surface area (Å²) in [5.74, 6) is 0.821. The smallest absolute Gasteiger partial charge is 0.159 e. The molecule has 0 unspecified atom stereocenters. The highest BCUT2D eigenvalue weighted by Crippen LogP contribution is 2.22. The van der Waals surface area contributed by atoms with Crippen LogP contribution in [0.25, 0.3) is 22.4 Å². The molecular weight excluding hydrogens is 238 g/mol. The van der Waals surface area contributed by atoms with Crippen molar-refractivity contribution < 1.29 is 4.79 Å². The SMILES string of the molecule is CC(=O)c1ccc2nc(-c3ccc(N)cc3)[nH]c2c1. The van der Waals surface area contributed by atoms with E-state index in [0.717, 1.165) is 28.1 Å². The molecule has 4 heteroatoms. The molecule has 0 fully saturated rings. The number of carbonyl (C=O) groups excluding carboxylic acids is 1. The lowest BCUT2D eigenvalue weighted by Crippen LogP contribution is -1.90. The number of aromatic nitrogens is 2. The highest BCUT2D eigenvalue weighted by molar-refractivity contribution is 5.97. The first-order valence-electron chi connectivity index (χ1n) is 6.00. The predicted molar refractivity (Wildman–Crippen MR) is 75.9 cm³/mol. The Morgan fingerprint density at radius 3 is 2.58 bits per heavy atom. The Hall–Kier alpha value is -2.62. The van der Waals surface area contributed by atoms with Gasteiger partial charge in [-0.05, 0) is 49.4 Å². The summed E-state index contributed by atoms with van der Waals surface area (Å²) < 4.78 is 0. The molecule has 1 heterocycles. The molecule has 0 aliphatic rings. The molecule has 3 rings (SSSR count). The van der Waals surface area contributed by atoms with Crippen LogP contribution < -0.4 is 5.73 Å². The third kappa shape index (κ3) is 2.08. The number of hydrogen-bond acceptors (Lipinski definition) is 3. The van der Waals surface area contributed by atoms with Gasteiger partial charge in [-0.15, -0.1) is 0 Å². The van der Waals surface area contributed by atoms with Crippen LogP contribution in [-0.4, -0.2) is 15.8 Å². The molecule has 0 saturated carbocycles. The lowest BCUT2D eigenvalue weighted by atomic mass is 10.1. The summed E-state index contributed by atoms with van der Waals surface area (Å²) in [5, 5.41) is 0. The van der Waals surface area contributed by atoms with Crippen LogP contribution in [0.3, 0.4) is 0 Å². The van der Waals surface area contributed by atoms with E-state index in [1.165, 1.54) is 0 Å². The van der Waals surface area contributed by atoms with E-state index in [-0.39, 0.29) is 5.78 Å². The average molecular weight is 251 g/mol. The number of nitrogens with zero attached hydrogens (tertiary/aromatic N) is 1. The number of hydrogen-bond donors (Lipinski definition) is 2. The summed E-state index contributed by atoms with van der Waals surface area (Å²) in [6.45, 7) is 1.55. The van der Waals surface area contributed by atoms with Gasteiger partial charge < -0.3 is 10.7 Å². The highest BCUT2D eigenvalue weighted by atomic mass is 16.1. The van der Waals surface area contributed by atoms with Crippen molar-refractivity contribution in [2.45, 2.75) is 6.92 Å². The van der Waals surface area contributed by atoms with E-state index in [1.807, 2.05) is 36.4 Å². The fourth-order valence-corrected chi connectivity index (χ4v) is 2.01. The highest BCUT2D eigenvalue weighted by Gasteiger charge is 2.07. The van der Waals surface area contributed by atoms with Crippen LogP contribution in [0.15, 0.2) is 42.5 Å². The number of H-pyrrole nitrogens is 1. The van der Waals surface area contributed by atoms with Gasteiger partial charge >= 0.3 is 0 Å². The minimum absolute atomic E-state index is 0.0468. The van der Waals surface area contributed by atoms with E-state index in [2.05, 4.69) is 9.97 Å². The van der Waals surface area contributed by atoms with Crippen LogP contribution in [-0.2, 0) is 0 Å². The number of nitrogens with one attached hydrogen (secondary N) is 1. The second-order valence-electron chi connectivity index (χ2n) is 4.50. The van der Waals surface area contributed by atoms with Crippen molar-refractivity contribution in [1.29, 1.82) is 0 Å². The molecule has 3 aromatic rings. The predicted octanol–water partition coefficient (Wildman–Crippen LogP) is 3.01. The molecule has 0 saturated heterocycles. The first-order chi connectivity index (χ1) is 9.13. The average Bonchev–Trinajstić information content (AvgIpc) is 2.82. The van der Waals surface area contributed by atoms with Crippen molar-refractivity contribution >= 4 is 22.5 Å². The second-order valence-corrected chi connectivity index (χ2v) is 4.50. The van der Waals surface area contributed by atoms with E-state index in [1.54, 1.807) is 13.0 Å². The van der Waals surface area contributed by atoms with Gasteiger partial charge in [-0.3, -0.25) is 4.79 Å². The van der Waals surface area contributed by atoms with Gasteiger partial charge in [0.25, 0.3) is 0 Å². The quantitative estimate of drug-likeness (QED) is 0.543. The maximum absolute atomic E-state index is 11.4. The van der Waals surface area contributed by atoms with Crippen molar-refractivity contribution in [2.75, 3.05) is 5.73 Å². The lowest BCUT2D eigenvalue weighted by molar-refractivity contribution is 0.101. The summed E-state index contributed by atoms with van der Waals surface area (Å²) in [7, 11) is 0. The molecule has 19 heavy (non-hydrogen) atoms. The summed E-state index contributed by atoms with van der Waals surface area (Å²) in [6.07, 6.45) is 0. The topological polar surface area (TPSA) is 71.8 Å². The molecule has 0 bridgehead atoms. The maximum atomic E-state index is 11.4. The zero-order chi connectivity index (χ0) is 13.4. The Balaban J connectivity index is 2.11. The first kappa shape index (κ1) is 11.5. The van der Waals surface area contributed by atoms with E-state index >= 15 is 0 Å². The standard InChI is InChI=1S/C15H13N3O/c1-9(19)11-4-7-13-14(8-11)18-15(17-13)10-2-5-12(16)6-3-10/h2-8H,16H2,1H3,(H,17,18). The number of nitrogens with two attached hydrogens (primary N) is 1. The summed E-state index contributed by atoms with van der Waals surface area (Å²) in [4.78, 5) is 19.1. The number of fused-ring (bicyclic) bond motifs is 1. The third-order valence-corrected chi connectivity index (χ3v) is 3.07.